The molecule has 0 unspecified atom stereocenters. The van der Waals surface area contributed by atoms with E-state index >= 15 is 0 Å². The molecule has 2 aromatic carbocycles. The molecule has 0 aliphatic heterocycles. The van der Waals surface area contributed by atoms with Gasteiger partial charge in [-0.25, -0.2) is 0 Å². The zero-order valence-electron chi connectivity index (χ0n) is 10.8. The van der Waals surface area contributed by atoms with Crippen molar-refractivity contribution in [3.63, 3.8) is 0 Å². The van der Waals surface area contributed by atoms with Gasteiger partial charge in [0.1, 0.15) is 5.75 Å². The lowest BCUT2D eigenvalue weighted by molar-refractivity contribution is 0.0902. The summed E-state index contributed by atoms with van der Waals surface area (Å²) in [7, 11) is 0. The largest absolute Gasteiger partial charge is 0.507 e. The Balaban J connectivity index is 2.02. The van der Waals surface area contributed by atoms with E-state index in [2.05, 4.69) is 21.2 Å². The molecule has 0 saturated carbocycles. The smallest absolute Gasteiger partial charge is 0.255 e. The number of aromatic hydroxyl groups is 1. The highest BCUT2D eigenvalue weighted by molar-refractivity contribution is 9.10. The molecule has 0 radical (unpaired) electrons. The Labute approximate surface area is 134 Å². The lowest BCUT2D eigenvalue weighted by Crippen LogP contribution is -2.29. The molecule has 2 aromatic rings. The van der Waals surface area contributed by atoms with E-state index < -0.39 is 5.91 Å². The SMILES string of the molecule is O=C(CNC(=O)c1cc(Cl)ccc1O)c1ccc(Br)cc1. The zero-order valence-corrected chi connectivity index (χ0v) is 13.1. The van der Waals surface area contributed by atoms with Gasteiger partial charge in [0.2, 0.25) is 0 Å². The molecule has 0 spiro atoms. The third-order valence-electron chi connectivity index (χ3n) is 2.78. The van der Waals surface area contributed by atoms with Crippen molar-refractivity contribution in [2.75, 3.05) is 6.54 Å². The van der Waals surface area contributed by atoms with Crippen LogP contribution in [-0.4, -0.2) is 23.3 Å². The van der Waals surface area contributed by atoms with E-state index in [0.717, 1.165) is 4.47 Å². The van der Waals surface area contributed by atoms with Crippen LogP contribution in [0.15, 0.2) is 46.9 Å². The highest BCUT2D eigenvalue weighted by Crippen LogP contribution is 2.21. The van der Waals surface area contributed by atoms with Crippen molar-refractivity contribution in [3.05, 3.63) is 63.1 Å². The van der Waals surface area contributed by atoms with Gasteiger partial charge in [0.15, 0.2) is 5.78 Å². The second kappa shape index (κ2) is 6.74. The number of rotatable bonds is 4. The summed E-state index contributed by atoms with van der Waals surface area (Å²) in [5, 5.41) is 12.4. The molecule has 0 aromatic heterocycles. The molecular weight excluding hydrogens is 358 g/mol. The molecule has 4 nitrogen and oxygen atoms in total. The molecule has 0 aliphatic rings. The van der Waals surface area contributed by atoms with Gasteiger partial charge in [-0.3, -0.25) is 9.59 Å². The van der Waals surface area contributed by atoms with Gasteiger partial charge in [0.25, 0.3) is 5.91 Å². The van der Waals surface area contributed by atoms with Crippen molar-refractivity contribution in [1.82, 2.24) is 5.32 Å². The fraction of sp³-hybridized carbons (Fsp3) is 0.0667. The lowest BCUT2D eigenvalue weighted by atomic mass is 10.1. The fourth-order valence-corrected chi connectivity index (χ4v) is 2.12. The number of phenols is 1. The Morgan fingerprint density at radius 3 is 2.48 bits per heavy atom. The Kier molecular flexibility index (Phi) is 4.98. The first kappa shape index (κ1) is 15.5. The van der Waals surface area contributed by atoms with Gasteiger partial charge in [-0.05, 0) is 30.3 Å². The second-order valence-corrected chi connectivity index (χ2v) is 5.63. The third kappa shape index (κ3) is 4.06. The molecule has 0 fully saturated rings. The van der Waals surface area contributed by atoms with Crippen LogP contribution in [0.5, 0.6) is 5.75 Å². The Bertz CT molecular complexity index is 686. The summed E-state index contributed by atoms with van der Waals surface area (Å²) >= 11 is 9.05. The third-order valence-corrected chi connectivity index (χ3v) is 3.54. The zero-order chi connectivity index (χ0) is 15.4. The minimum atomic E-state index is -0.555. The van der Waals surface area contributed by atoms with Gasteiger partial charge in [-0.2, -0.15) is 0 Å². The molecule has 1 amide bonds. The minimum absolute atomic E-state index is 0.0334. The maximum absolute atomic E-state index is 11.9. The van der Waals surface area contributed by atoms with E-state index in [4.69, 9.17) is 11.6 Å². The average molecular weight is 369 g/mol. The van der Waals surface area contributed by atoms with Gasteiger partial charge in [-0.1, -0.05) is 39.7 Å². The molecule has 108 valence electrons. The minimum Gasteiger partial charge on any atom is -0.507 e. The second-order valence-electron chi connectivity index (χ2n) is 4.27. The van der Waals surface area contributed by atoms with Gasteiger partial charge >= 0.3 is 0 Å². The Morgan fingerprint density at radius 2 is 1.81 bits per heavy atom. The van der Waals surface area contributed by atoms with Crippen LogP contribution in [0.3, 0.4) is 0 Å². The first-order valence-electron chi connectivity index (χ1n) is 6.03. The quantitative estimate of drug-likeness (QED) is 0.813. The summed E-state index contributed by atoms with van der Waals surface area (Å²) in [5.41, 5.74) is 0.528. The predicted molar refractivity (Wildman–Crippen MR) is 83.9 cm³/mol. The Morgan fingerprint density at radius 1 is 1.14 bits per heavy atom. The van der Waals surface area contributed by atoms with Crippen molar-refractivity contribution >= 4 is 39.2 Å². The topological polar surface area (TPSA) is 66.4 Å². The number of ketones is 1. The number of hydrogen-bond acceptors (Lipinski definition) is 3. The average Bonchev–Trinajstić information content (AvgIpc) is 2.47. The monoisotopic (exact) mass is 367 g/mol. The predicted octanol–water partition coefficient (Wildman–Crippen LogP) is 3.42. The van der Waals surface area contributed by atoms with Crippen molar-refractivity contribution in [2.24, 2.45) is 0 Å². The van der Waals surface area contributed by atoms with E-state index in [0.29, 0.717) is 10.6 Å². The number of phenolic OH excluding ortho intramolecular Hbond substituents is 1. The molecule has 21 heavy (non-hydrogen) atoms. The van der Waals surface area contributed by atoms with E-state index in [1.165, 1.54) is 18.2 Å². The number of nitrogens with one attached hydrogen (secondary N) is 1. The van der Waals surface area contributed by atoms with Crippen LogP contribution in [0, 0.1) is 0 Å². The number of carbonyl (C=O) groups is 2. The van der Waals surface area contributed by atoms with Gasteiger partial charge in [0.05, 0.1) is 12.1 Å². The summed E-state index contributed by atoms with van der Waals surface area (Å²) in [6.07, 6.45) is 0. The van der Waals surface area contributed by atoms with Crippen LogP contribution < -0.4 is 5.32 Å². The normalized spacial score (nSPS) is 10.2. The molecule has 2 N–H and O–H groups in total. The van der Waals surface area contributed by atoms with Crippen molar-refractivity contribution in [1.29, 1.82) is 0 Å². The van der Waals surface area contributed by atoms with Crippen molar-refractivity contribution < 1.29 is 14.7 Å². The highest BCUT2D eigenvalue weighted by atomic mass is 79.9. The molecule has 0 heterocycles. The molecule has 0 atom stereocenters. The maximum atomic E-state index is 11.9. The first-order chi connectivity index (χ1) is 9.97. The van der Waals surface area contributed by atoms with E-state index in [9.17, 15) is 14.7 Å². The van der Waals surface area contributed by atoms with Gasteiger partial charge < -0.3 is 10.4 Å². The van der Waals surface area contributed by atoms with Crippen molar-refractivity contribution in [3.8, 4) is 5.75 Å². The van der Waals surface area contributed by atoms with Gasteiger partial charge in [-0.15, -0.1) is 0 Å². The van der Waals surface area contributed by atoms with Gasteiger partial charge in [0, 0.05) is 15.1 Å². The number of Topliss-reactive ketones (excluding diaryl/α,β-unsaturated/α-hetero) is 1. The molecule has 6 heteroatoms. The standard InChI is InChI=1S/C15H11BrClNO3/c16-10-3-1-9(2-4-10)14(20)8-18-15(21)12-7-11(17)5-6-13(12)19/h1-7,19H,8H2,(H,18,21). The van der Waals surface area contributed by atoms with Crippen LogP contribution in [-0.2, 0) is 0 Å². The Hall–Kier alpha value is -1.85. The number of halogens is 2. The van der Waals surface area contributed by atoms with Crippen LogP contribution in [0.2, 0.25) is 5.02 Å². The molecule has 0 aliphatic carbocycles. The van der Waals surface area contributed by atoms with E-state index in [1.807, 2.05) is 0 Å². The van der Waals surface area contributed by atoms with Crippen LogP contribution in [0.4, 0.5) is 0 Å². The summed E-state index contributed by atoms with van der Waals surface area (Å²) in [6.45, 7) is -0.160. The van der Waals surface area contributed by atoms with E-state index in [-0.39, 0.29) is 23.6 Å². The summed E-state index contributed by atoms with van der Waals surface area (Å²) in [5.74, 6) is -0.967. The lowest BCUT2D eigenvalue weighted by Gasteiger charge is -2.07. The first-order valence-corrected chi connectivity index (χ1v) is 7.20. The summed E-state index contributed by atoms with van der Waals surface area (Å²) < 4.78 is 0.868. The maximum Gasteiger partial charge on any atom is 0.255 e. The van der Waals surface area contributed by atoms with Crippen molar-refractivity contribution in [2.45, 2.75) is 0 Å². The summed E-state index contributed by atoms with van der Waals surface area (Å²) in [6, 6.07) is 11.0. The number of amides is 1. The number of carbonyl (C=O) groups excluding carboxylic acids is 2. The van der Waals surface area contributed by atoms with Crippen LogP contribution in [0.25, 0.3) is 0 Å². The fourth-order valence-electron chi connectivity index (χ4n) is 1.68. The highest BCUT2D eigenvalue weighted by Gasteiger charge is 2.13. The number of benzene rings is 2. The number of hydrogen-bond donors (Lipinski definition) is 2. The molecular formula is C15H11BrClNO3. The van der Waals surface area contributed by atoms with E-state index in [1.54, 1.807) is 24.3 Å². The molecule has 0 saturated heterocycles. The molecule has 0 bridgehead atoms. The van der Waals surface area contributed by atoms with Crippen LogP contribution >= 0.6 is 27.5 Å². The van der Waals surface area contributed by atoms with Crippen LogP contribution in [0.1, 0.15) is 20.7 Å². The molecule has 2 rings (SSSR count). The summed E-state index contributed by atoms with van der Waals surface area (Å²) in [4.78, 5) is 23.8.